The van der Waals surface area contributed by atoms with Crippen LogP contribution in [0.15, 0.2) is 23.0 Å². The lowest BCUT2D eigenvalue weighted by molar-refractivity contribution is -0.141. The first-order chi connectivity index (χ1) is 8.16. The Labute approximate surface area is 98.2 Å². The van der Waals surface area contributed by atoms with Gasteiger partial charge in [-0.3, -0.25) is 9.59 Å². The summed E-state index contributed by atoms with van der Waals surface area (Å²) in [7, 11) is 0. The first-order valence-electron chi connectivity index (χ1n) is 5.43. The van der Waals surface area contributed by atoms with Crippen LogP contribution in [0.5, 0.6) is 0 Å². The topological polar surface area (TPSA) is 82.8 Å². The Hall–Kier alpha value is -1.82. The highest BCUT2D eigenvalue weighted by molar-refractivity contribution is 5.94. The number of aliphatic hydroxyl groups is 1. The highest BCUT2D eigenvalue weighted by Gasteiger charge is 2.28. The van der Waals surface area contributed by atoms with E-state index in [4.69, 9.17) is 9.52 Å². The van der Waals surface area contributed by atoms with Crippen molar-refractivity contribution in [1.29, 1.82) is 0 Å². The summed E-state index contributed by atoms with van der Waals surface area (Å²) >= 11 is 0. The normalized spacial score (nSPS) is 15.5. The predicted molar refractivity (Wildman–Crippen MR) is 58.2 cm³/mol. The maximum absolute atomic E-state index is 11.5. The molecule has 1 saturated heterocycles. The van der Waals surface area contributed by atoms with Gasteiger partial charge in [-0.2, -0.15) is 0 Å². The van der Waals surface area contributed by atoms with Gasteiger partial charge in [-0.1, -0.05) is 0 Å². The zero-order valence-electron chi connectivity index (χ0n) is 9.26. The predicted octanol–water partition coefficient (Wildman–Crippen LogP) is -0.397. The molecule has 1 aromatic heterocycles. The van der Waals surface area contributed by atoms with E-state index >= 15 is 0 Å². The number of furan rings is 1. The van der Waals surface area contributed by atoms with E-state index < -0.39 is 0 Å². The van der Waals surface area contributed by atoms with Crippen LogP contribution in [-0.2, 0) is 4.79 Å². The lowest BCUT2D eigenvalue weighted by Crippen LogP contribution is -2.53. The highest BCUT2D eigenvalue weighted by Crippen LogP contribution is 2.08. The van der Waals surface area contributed by atoms with Crippen LogP contribution in [0.25, 0.3) is 0 Å². The molecule has 2 heterocycles. The SMILES string of the molecule is O=C(NCCC(=O)N1CC(O)C1)c1ccoc1. The van der Waals surface area contributed by atoms with E-state index in [1.165, 1.54) is 12.5 Å². The van der Waals surface area contributed by atoms with Crippen molar-refractivity contribution >= 4 is 11.8 Å². The zero-order valence-corrected chi connectivity index (χ0v) is 9.26. The van der Waals surface area contributed by atoms with Crippen molar-refractivity contribution in [2.24, 2.45) is 0 Å². The van der Waals surface area contributed by atoms with Crippen molar-refractivity contribution in [3.8, 4) is 0 Å². The van der Waals surface area contributed by atoms with Crippen LogP contribution in [0.2, 0.25) is 0 Å². The number of aliphatic hydroxyl groups excluding tert-OH is 1. The molecule has 1 aliphatic rings. The number of amides is 2. The van der Waals surface area contributed by atoms with Crippen molar-refractivity contribution in [2.75, 3.05) is 19.6 Å². The molecule has 0 aromatic carbocycles. The van der Waals surface area contributed by atoms with E-state index in [1.54, 1.807) is 11.0 Å². The number of hydrogen-bond acceptors (Lipinski definition) is 4. The molecule has 6 nitrogen and oxygen atoms in total. The van der Waals surface area contributed by atoms with Gasteiger partial charge >= 0.3 is 0 Å². The number of nitrogens with zero attached hydrogens (tertiary/aromatic N) is 1. The number of likely N-dealkylation sites (tertiary alicyclic amines) is 1. The van der Waals surface area contributed by atoms with Gasteiger partial charge in [-0.25, -0.2) is 0 Å². The Bertz CT molecular complexity index is 396. The van der Waals surface area contributed by atoms with Gasteiger partial charge in [0.1, 0.15) is 6.26 Å². The van der Waals surface area contributed by atoms with Crippen LogP contribution in [0, 0.1) is 0 Å². The molecule has 2 amide bonds. The van der Waals surface area contributed by atoms with Gasteiger partial charge in [0.15, 0.2) is 0 Å². The molecule has 2 rings (SSSR count). The van der Waals surface area contributed by atoms with Crippen LogP contribution in [0.3, 0.4) is 0 Å². The third kappa shape index (κ3) is 2.85. The Balaban J connectivity index is 1.66. The number of rotatable bonds is 4. The average molecular weight is 238 g/mol. The summed E-state index contributed by atoms with van der Waals surface area (Å²) in [6, 6.07) is 1.56. The third-order valence-corrected chi connectivity index (χ3v) is 2.62. The van der Waals surface area contributed by atoms with Crippen molar-refractivity contribution in [3.05, 3.63) is 24.2 Å². The molecule has 17 heavy (non-hydrogen) atoms. The Morgan fingerprint density at radius 2 is 2.29 bits per heavy atom. The Morgan fingerprint density at radius 1 is 1.53 bits per heavy atom. The number of carbonyl (C=O) groups excluding carboxylic acids is 2. The lowest BCUT2D eigenvalue weighted by Gasteiger charge is -2.35. The minimum Gasteiger partial charge on any atom is -0.472 e. The van der Waals surface area contributed by atoms with Crippen molar-refractivity contribution in [1.82, 2.24) is 10.2 Å². The van der Waals surface area contributed by atoms with Gasteiger partial charge in [0, 0.05) is 26.1 Å². The molecule has 0 radical (unpaired) electrons. The van der Waals surface area contributed by atoms with E-state index in [0.717, 1.165) is 0 Å². The molecule has 92 valence electrons. The summed E-state index contributed by atoms with van der Waals surface area (Å²) in [4.78, 5) is 24.5. The fourth-order valence-electron chi connectivity index (χ4n) is 1.60. The number of carbonyl (C=O) groups is 2. The lowest BCUT2D eigenvalue weighted by atomic mass is 10.1. The van der Waals surface area contributed by atoms with Crippen LogP contribution in [-0.4, -0.2) is 47.6 Å². The van der Waals surface area contributed by atoms with Gasteiger partial charge < -0.3 is 19.7 Å². The molecule has 1 fully saturated rings. The van der Waals surface area contributed by atoms with Crippen molar-refractivity contribution < 1.29 is 19.1 Å². The van der Waals surface area contributed by atoms with E-state index in [2.05, 4.69) is 5.32 Å². The monoisotopic (exact) mass is 238 g/mol. The molecule has 0 atom stereocenters. The van der Waals surface area contributed by atoms with E-state index in [9.17, 15) is 9.59 Å². The van der Waals surface area contributed by atoms with Gasteiger partial charge in [-0.15, -0.1) is 0 Å². The van der Waals surface area contributed by atoms with E-state index in [-0.39, 0.29) is 30.9 Å². The van der Waals surface area contributed by atoms with Gasteiger partial charge in [-0.05, 0) is 6.07 Å². The Morgan fingerprint density at radius 3 is 2.88 bits per heavy atom. The highest BCUT2D eigenvalue weighted by atomic mass is 16.3. The summed E-state index contributed by atoms with van der Waals surface area (Å²) in [5, 5.41) is 11.7. The molecule has 0 bridgehead atoms. The second-order valence-electron chi connectivity index (χ2n) is 3.97. The van der Waals surface area contributed by atoms with Gasteiger partial charge in [0.25, 0.3) is 5.91 Å². The van der Waals surface area contributed by atoms with Crippen LogP contribution in [0.1, 0.15) is 16.8 Å². The second-order valence-corrected chi connectivity index (χ2v) is 3.97. The minimum absolute atomic E-state index is 0.0530. The van der Waals surface area contributed by atoms with Crippen molar-refractivity contribution in [3.63, 3.8) is 0 Å². The van der Waals surface area contributed by atoms with Crippen molar-refractivity contribution in [2.45, 2.75) is 12.5 Å². The molecule has 0 spiro atoms. The first kappa shape index (κ1) is 11.7. The maximum atomic E-state index is 11.5. The number of hydrogen-bond donors (Lipinski definition) is 2. The van der Waals surface area contributed by atoms with Crippen LogP contribution < -0.4 is 5.32 Å². The fourth-order valence-corrected chi connectivity index (χ4v) is 1.60. The molecule has 0 saturated carbocycles. The molecule has 1 aromatic rings. The summed E-state index contributed by atoms with van der Waals surface area (Å²) in [5.74, 6) is -0.307. The summed E-state index contributed by atoms with van der Waals surface area (Å²) in [6.07, 6.45) is 2.63. The maximum Gasteiger partial charge on any atom is 0.254 e. The molecule has 1 aliphatic heterocycles. The smallest absolute Gasteiger partial charge is 0.254 e. The number of β-amino-alcohol motifs (C(OH)–C–C–N with tert-alkyl or cyclic N) is 1. The average Bonchev–Trinajstić information content (AvgIpc) is 2.77. The second kappa shape index (κ2) is 5.01. The minimum atomic E-state index is -0.389. The standard InChI is InChI=1S/C11H14N2O4/c14-9-5-13(6-9)10(15)1-3-12-11(16)8-2-4-17-7-8/h2,4,7,9,14H,1,3,5-6H2,(H,12,16). The van der Waals surface area contributed by atoms with Crippen LogP contribution >= 0.6 is 0 Å². The fraction of sp³-hybridized carbons (Fsp3) is 0.455. The summed E-state index contributed by atoms with van der Waals surface area (Å²) < 4.78 is 4.78. The quantitative estimate of drug-likeness (QED) is 0.748. The van der Waals surface area contributed by atoms with E-state index in [1.807, 2.05) is 0 Å². The van der Waals surface area contributed by atoms with Crippen LogP contribution in [0.4, 0.5) is 0 Å². The zero-order chi connectivity index (χ0) is 12.3. The number of nitrogens with one attached hydrogen (secondary N) is 1. The van der Waals surface area contributed by atoms with Gasteiger partial charge in [0.2, 0.25) is 5.91 Å². The molecule has 6 heteroatoms. The Kier molecular flexibility index (Phi) is 3.43. The molecule has 2 N–H and O–H groups in total. The van der Waals surface area contributed by atoms with E-state index in [0.29, 0.717) is 18.7 Å². The summed E-state index contributed by atoms with van der Waals surface area (Å²) in [5.41, 5.74) is 0.442. The molecular weight excluding hydrogens is 224 g/mol. The molecular formula is C11H14N2O4. The summed E-state index contributed by atoms with van der Waals surface area (Å²) in [6.45, 7) is 1.08. The molecule has 0 unspecified atom stereocenters. The molecule has 0 aliphatic carbocycles. The third-order valence-electron chi connectivity index (χ3n) is 2.62. The largest absolute Gasteiger partial charge is 0.472 e. The van der Waals surface area contributed by atoms with Gasteiger partial charge in [0.05, 0.1) is 17.9 Å². The first-order valence-corrected chi connectivity index (χ1v) is 5.43.